The van der Waals surface area contributed by atoms with Gasteiger partial charge in [0.15, 0.2) is 5.72 Å². The van der Waals surface area contributed by atoms with Gasteiger partial charge in [0.25, 0.3) is 0 Å². The number of carbonyl (C=O) groups excluding carboxylic acids is 1. The van der Waals surface area contributed by atoms with Crippen LogP contribution in [0.3, 0.4) is 0 Å². The molecule has 106 valence electrons. The Labute approximate surface area is 124 Å². The van der Waals surface area contributed by atoms with Gasteiger partial charge >= 0.3 is 5.97 Å². The number of nitrogens with zero attached hydrogens (tertiary/aromatic N) is 1. The highest BCUT2D eigenvalue weighted by Crippen LogP contribution is 2.24. The van der Waals surface area contributed by atoms with Crippen molar-refractivity contribution in [3.63, 3.8) is 0 Å². The third-order valence-electron chi connectivity index (χ3n) is 3.02. The number of halogens is 2. The lowest BCUT2D eigenvalue weighted by molar-refractivity contribution is -0.0904. The summed E-state index contributed by atoms with van der Waals surface area (Å²) in [6, 6.07) is 4.73. The SMILES string of the molecule is CCN(CC)C(C)(C)OC(=O)c1ccc(Cl)cc1Cl. The Morgan fingerprint density at radius 1 is 1.26 bits per heavy atom. The minimum absolute atomic E-state index is 0.299. The summed E-state index contributed by atoms with van der Waals surface area (Å²) in [6.07, 6.45) is 0. The third-order valence-corrected chi connectivity index (χ3v) is 3.57. The lowest BCUT2D eigenvalue weighted by atomic mass is 10.2. The smallest absolute Gasteiger partial charge is 0.341 e. The molecule has 0 aliphatic heterocycles. The molecule has 0 unspecified atom stereocenters. The molecule has 0 aliphatic carbocycles. The Kier molecular flexibility index (Phi) is 5.65. The summed E-state index contributed by atoms with van der Waals surface area (Å²) in [5.74, 6) is -0.446. The van der Waals surface area contributed by atoms with Crippen LogP contribution in [-0.2, 0) is 4.74 Å². The van der Waals surface area contributed by atoms with Crippen LogP contribution in [0.5, 0.6) is 0 Å². The molecule has 0 spiro atoms. The predicted octanol–water partition coefficient (Wildman–Crippen LogP) is 4.23. The van der Waals surface area contributed by atoms with Crippen LogP contribution in [0.15, 0.2) is 18.2 Å². The fourth-order valence-corrected chi connectivity index (χ4v) is 2.47. The quantitative estimate of drug-likeness (QED) is 0.602. The Morgan fingerprint density at radius 3 is 2.32 bits per heavy atom. The Hall–Kier alpha value is -0.770. The van der Waals surface area contributed by atoms with Gasteiger partial charge in [-0.2, -0.15) is 0 Å². The van der Waals surface area contributed by atoms with Crippen LogP contribution in [0.25, 0.3) is 0 Å². The van der Waals surface area contributed by atoms with E-state index >= 15 is 0 Å². The topological polar surface area (TPSA) is 29.5 Å². The van der Waals surface area contributed by atoms with Gasteiger partial charge in [-0.25, -0.2) is 4.79 Å². The molecule has 1 rings (SSSR count). The van der Waals surface area contributed by atoms with Crippen LogP contribution in [-0.4, -0.2) is 29.7 Å². The van der Waals surface area contributed by atoms with Crippen molar-refractivity contribution >= 4 is 29.2 Å². The zero-order valence-electron chi connectivity index (χ0n) is 11.7. The molecule has 1 aromatic carbocycles. The van der Waals surface area contributed by atoms with Crippen molar-refractivity contribution < 1.29 is 9.53 Å². The second-order valence-electron chi connectivity index (χ2n) is 4.63. The molecule has 1 aromatic rings. The first kappa shape index (κ1) is 16.3. The van der Waals surface area contributed by atoms with Gasteiger partial charge < -0.3 is 4.74 Å². The van der Waals surface area contributed by atoms with Crippen molar-refractivity contribution in [2.24, 2.45) is 0 Å². The predicted molar refractivity (Wildman–Crippen MR) is 78.9 cm³/mol. The van der Waals surface area contributed by atoms with Crippen LogP contribution in [0, 0.1) is 0 Å². The van der Waals surface area contributed by atoms with Gasteiger partial charge in [0.05, 0.1) is 10.6 Å². The molecule has 0 amide bonds. The van der Waals surface area contributed by atoms with E-state index in [1.54, 1.807) is 12.1 Å². The fourth-order valence-electron chi connectivity index (χ4n) is 1.99. The van der Waals surface area contributed by atoms with Crippen LogP contribution in [0.4, 0.5) is 0 Å². The normalized spacial score (nSPS) is 11.7. The highest BCUT2D eigenvalue weighted by atomic mass is 35.5. The van der Waals surface area contributed by atoms with E-state index in [0.717, 1.165) is 13.1 Å². The summed E-state index contributed by atoms with van der Waals surface area (Å²) >= 11 is 11.8. The van der Waals surface area contributed by atoms with E-state index in [0.29, 0.717) is 15.6 Å². The summed E-state index contributed by atoms with van der Waals surface area (Å²) in [4.78, 5) is 14.2. The zero-order chi connectivity index (χ0) is 14.6. The van der Waals surface area contributed by atoms with Gasteiger partial charge in [0.2, 0.25) is 0 Å². The number of benzene rings is 1. The van der Waals surface area contributed by atoms with Crippen LogP contribution in [0.1, 0.15) is 38.1 Å². The van der Waals surface area contributed by atoms with Crippen molar-refractivity contribution in [1.29, 1.82) is 0 Å². The summed E-state index contributed by atoms with van der Waals surface area (Å²) in [6.45, 7) is 9.36. The summed E-state index contributed by atoms with van der Waals surface area (Å²) < 4.78 is 5.55. The number of hydrogen-bond donors (Lipinski definition) is 0. The number of ether oxygens (including phenoxy) is 1. The Bertz CT molecular complexity index is 457. The molecule has 0 aromatic heterocycles. The molecule has 0 atom stereocenters. The van der Waals surface area contributed by atoms with E-state index < -0.39 is 11.7 Å². The summed E-state index contributed by atoms with van der Waals surface area (Å²) in [5, 5.41) is 0.789. The van der Waals surface area contributed by atoms with Crippen molar-refractivity contribution in [2.45, 2.75) is 33.4 Å². The average Bonchev–Trinajstić information content (AvgIpc) is 2.28. The standard InChI is InChI=1S/C14H19Cl2NO2/c1-5-17(6-2)14(3,4)19-13(18)11-8-7-10(15)9-12(11)16/h7-9H,5-6H2,1-4H3. The van der Waals surface area contributed by atoms with E-state index in [9.17, 15) is 4.79 Å². The second kappa shape index (κ2) is 6.60. The van der Waals surface area contributed by atoms with Crippen molar-refractivity contribution in [2.75, 3.05) is 13.1 Å². The van der Waals surface area contributed by atoms with Crippen LogP contribution >= 0.6 is 23.2 Å². The Balaban J connectivity index is 2.90. The first-order chi connectivity index (χ1) is 8.81. The molecule has 0 saturated heterocycles. The van der Waals surface area contributed by atoms with E-state index in [-0.39, 0.29) is 0 Å². The van der Waals surface area contributed by atoms with Crippen LogP contribution < -0.4 is 0 Å². The van der Waals surface area contributed by atoms with Gasteiger partial charge in [0, 0.05) is 5.02 Å². The lowest BCUT2D eigenvalue weighted by Gasteiger charge is -2.36. The van der Waals surface area contributed by atoms with E-state index in [4.69, 9.17) is 27.9 Å². The molecule has 0 aliphatic rings. The highest BCUT2D eigenvalue weighted by molar-refractivity contribution is 6.36. The van der Waals surface area contributed by atoms with Crippen molar-refractivity contribution in [1.82, 2.24) is 4.90 Å². The van der Waals surface area contributed by atoms with Crippen molar-refractivity contribution in [3.05, 3.63) is 33.8 Å². The number of hydrogen-bond acceptors (Lipinski definition) is 3. The van der Waals surface area contributed by atoms with Gasteiger partial charge in [-0.15, -0.1) is 0 Å². The first-order valence-electron chi connectivity index (χ1n) is 6.25. The molecule has 0 saturated carbocycles. The summed E-state index contributed by atoms with van der Waals surface area (Å²) in [5.41, 5.74) is -0.352. The monoisotopic (exact) mass is 303 g/mol. The molecule has 5 heteroatoms. The third kappa shape index (κ3) is 4.10. The van der Waals surface area contributed by atoms with Crippen LogP contribution in [0.2, 0.25) is 10.0 Å². The average molecular weight is 304 g/mol. The number of carbonyl (C=O) groups is 1. The van der Waals surface area contributed by atoms with E-state index in [1.165, 1.54) is 6.07 Å². The molecule has 0 radical (unpaired) electrons. The fraction of sp³-hybridized carbons (Fsp3) is 0.500. The molecule has 0 bridgehead atoms. The van der Waals surface area contributed by atoms with Gasteiger partial charge in [-0.05, 0) is 45.1 Å². The minimum Gasteiger partial charge on any atom is -0.441 e. The molecule has 0 N–H and O–H groups in total. The molecule has 0 heterocycles. The molecular formula is C14H19Cl2NO2. The van der Waals surface area contributed by atoms with E-state index in [2.05, 4.69) is 4.90 Å². The number of rotatable bonds is 5. The maximum Gasteiger partial charge on any atom is 0.341 e. The highest BCUT2D eigenvalue weighted by Gasteiger charge is 2.29. The second-order valence-corrected chi connectivity index (χ2v) is 5.48. The maximum absolute atomic E-state index is 12.2. The van der Waals surface area contributed by atoms with Crippen molar-refractivity contribution in [3.8, 4) is 0 Å². The number of esters is 1. The van der Waals surface area contributed by atoms with Gasteiger partial charge in [-0.1, -0.05) is 37.0 Å². The van der Waals surface area contributed by atoms with Gasteiger partial charge in [-0.3, -0.25) is 4.90 Å². The Morgan fingerprint density at radius 2 is 1.84 bits per heavy atom. The molecule has 0 fully saturated rings. The van der Waals surface area contributed by atoms with E-state index in [1.807, 2.05) is 27.7 Å². The largest absolute Gasteiger partial charge is 0.441 e. The lowest BCUT2D eigenvalue weighted by Crippen LogP contribution is -2.47. The zero-order valence-corrected chi connectivity index (χ0v) is 13.2. The summed E-state index contributed by atoms with van der Waals surface area (Å²) in [7, 11) is 0. The molecule has 3 nitrogen and oxygen atoms in total. The minimum atomic E-state index is -0.677. The first-order valence-corrected chi connectivity index (χ1v) is 7.00. The molecule has 19 heavy (non-hydrogen) atoms. The van der Waals surface area contributed by atoms with Gasteiger partial charge in [0.1, 0.15) is 0 Å². The maximum atomic E-state index is 12.2. The molecular weight excluding hydrogens is 285 g/mol.